The lowest BCUT2D eigenvalue weighted by Gasteiger charge is -2.12. The molecule has 0 aliphatic carbocycles. The van der Waals surface area contributed by atoms with Crippen LogP contribution in [0.2, 0.25) is 5.02 Å². The predicted molar refractivity (Wildman–Crippen MR) is 80.1 cm³/mol. The number of hydrogen-bond donors (Lipinski definition) is 2. The number of anilines is 2. The molecule has 108 valence electrons. The van der Waals surface area contributed by atoms with Gasteiger partial charge in [0.05, 0.1) is 22.0 Å². The Hall–Kier alpha value is -2.40. The number of carbonyl (C=O) groups excluding carboxylic acids is 2. The Kier molecular flexibility index (Phi) is 4.55. The first-order chi connectivity index (χ1) is 9.99. The first kappa shape index (κ1) is 15.0. The minimum atomic E-state index is -0.711. The van der Waals surface area contributed by atoms with Crippen molar-refractivity contribution in [2.75, 3.05) is 10.6 Å². The van der Waals surface area contributed by atoms with Gasteiger partial charge in [-0.05, 0) is 24.3 Å². The van der Waals surface area contributed by atoms with E-state index in [9.17, 15) is 14.0 Å². The van der Waals surface area contributed by atoms with Gasteiger partial charge >= 0.3 is 0 Å². The van der Waals surface area contributed by atoms with Crippen molar-refractivity contribution in [1.82, 2.24) is 0 Å². The molecule has 2 N–H and O–H groups in total. The maximum absolute atomic E-state index is 13.7. The van der Waals surface area contributed by atoms with Crippen molar-refractivity contribution in [1.29, 1.82) is 0 Å². The van der Waals surface area contributed by atoms with E-state index in [1.807, 2.05) is 0 Å². The van der Waals surface area contributed by atoms with E-state index in [2.05, 4.69) is 10.6 Å². The molecule has 0 atom stereocenters. The lowest BCUT2D eigenvalue weighted by molar-refractivity contribution is -0.114. The number of para-hydroxylation sites is 2. The van der Waals surface area contributed by atoms with Crippen LogP contribution in [-0.4, -0.2) is 11.8 Å². The van der Waals surface area contributed by atoms with Gasteiger partial charge in [0.1, 0.15) is 5.82 Å². The summed E-state index contributed by atoms with van der Waals surface area (Å²) in [5.74, 6) is -1.67. The van der Waals surface area contributed by atoms with Crippen LogP contribution in [0.3, 0.4) is 0 Å². The third-order valence-corrected chi connectivity index (χ3v) is 2.99. The summed E-state index contributed by atoms with van der Waals surface area (Å²) >= 11 is 5.84. The van der Waals surface area contributed by atoms with E-state index in [0.29, 0.717) is 11.4 Å². The summed E-state index contributed by atoms with van der Waals surface area (Å²) in [6, 6.07) is 10.6. The molecule has 2 aromatic rings. The number of halogens is 2. The van der Waals surface area contributed by atoms with Gasteiger partial charge in [-0.1, -0.05) is 29.8 Å². The van der Waals surface area contributed by atoms with Crippen LogP contribution < -0.4 is 10.6 Å². The summed E-state index contributed by atoms with van der Waals surface area (Å²) < 4.78 is 13.7. The number of benzene rings is 2. The van der Waals surface area contributed by atoms with Crippen LogP contribution in [0, 0.1) is 5.82 Å². The molecule has 0 aliphatic heterocycles. The molecule has 2 rings (SSSR count). The summed E-state index contributed by atoms with van der Waals surface area (Å²) in [5.41, 5.74) is 0.541. The quantitative estimate of drug-likeness (QED) is 0.908. The number of nitrogens with one attached hydrogen (secondary N) is 2. The Morgan fingerprint density at radius 1 is 1.00 bits per heavy atom. The van der Waals surface area contributed by atoms with Gasteiger partial charge in [-0.3, -0.25) is 9.59 Å². The Morgan fingerprint density at radius 2 is 1.62 bits per heavy atom. The van der Waals surface area contributed by atoms with E-state index in [0.717, 1.165) is 6.07 Å². The van der Waals surface area contributed by atoms with Crippen molar-refractivity contribution in [3.8, 4) is 0 Å². The first-order valence-corrected chi connectivity index (χ1v) is 6.49. The van der Waals surface area contributed by atoms with Crippen molar-refractivity contribution in [2.45, 2.75) is 6.92 Å². The molecule has 21 heavy (non-hydrogen) atoms. The number of carbonyl (C=O) groups is 2. The van der Waals surface area contributed by atoms with Crippen molar-refractivity contribution >= 4 is 34.8 Å². The maximum Gasteiger partial charge on any atom is 0.260 e. The number of hydrogen-bond acceptors (Lipinski definition) is 2. The Morgan fingerprint density at radius 3 is 2.19 bits per heavy atom. The highest BCUT2D eigenvalue weighted by Crippen LogP contribution is 2.24. The van der Waals surface area contributed by atoms with Crippen LogP contribution in [0.25, 0.3) is 0 Å². The molecule has 0 unspecified atom stereocenters. The fourth-order valence-corrected chi connectivity index (χ4v) is 2.04. The van der Waals surface area contributed by atoms with Gasteiger partial charge in [0.2, 0.25) is 5.91 Å². The summed E-state index contributed by atoms with van der Waals surface area (Å²) in [4.78, 5) is 23.3. The van der Waals surface area contributed by atoms with Gasteiger partial charge in [-0.15, -0.1) is 0 Å². The molecule has 2 amide bonds. The van der Waals surface area contributed by atoms with E-state index < -0.39 is 11.7 Å². The van der Waals surface area contributed by atoms with Gasteiger partial charge in [0, 0.05) is 6.92 Å². The van der Waals surface area contributed by atoms with E-state index in [-0.39, 0.29) is 16.5 Å². The second-order valence-electron chi connectivity index (χ2n) is 4.28. The van der Waals surface area contributed by atoms with Crippen LogP contribution in [-0.2, 0) is 4.79 Å². The van der Waals surface area contributed by atoms with Crippen LogP contribution in [0.15, 0.2) is 42.5 Å². The van der Waals surface area contributed by atoms with E-state index >= 15 is 0 Å². The topological polar surface area (TPSA) is 58.2 Å². The van der Waals surface area contributed by atoms with E-state index in [4.69, 9.17) is 11.6 Å². The molecule has 0 heterocycles. The Balaban J connectivity index is 2.30. The smallest absolute Gasteiger partial charge is 0.260 e. The second-order valence-corrected chi connectivity index (χ2v) is 4.68. The van der Waals surface area contributed by atoms with Crippen molar-refractivity contribution in [2.24, 2.45) is 0 Å². The molecule has 0 bridgehead atoms. The molecule has 2 aromatic carbocycles. The van der Waals surface area contributed by atoms with Crippen LogP contribution in [0.1, 0.15) is 17.3 Å². The molecule has 0 fully saturated rings. The molecule has 0 aromatic heterocycles. The highest BCUT2D eigenvalue weighted by Gasteiger charge is 2.17. The predicted octanol–water partition coefficient (Wildman–Crippen LogP) is 3.69. The number of rotatable bonds is 3. The molecule has 0 spiro atoms. The molecule has 0 aliphatic rings. The third-order valence-electron chi connectivity index (χ3n) is 2.68. The molecule has 6 heteroatoms. The largest absolute Gasteiger partial charge is 0.325 e. The average molecular weight is 307 g/mol. The Bertz CT molecular complexity index is 684. The van der Waals surface area contributed by atoms with Crippen molar-refractivity contribution in [3.63, 3.8) is 0 Å². The van der Waals surface area contributed by atoms with Crippen molar-refractivity contribution in [3.05, 3.63) is 58.9 Å². The van der Waals surface area contributed by atoms with Crippen LogP contribution >= 0.6 is 11.6 Å². The van der Waals surface area contributed by atoms with E-state index in [1.165, 1.54) is 19.1 Å². The first-order valence-electron chi connectivity index (χ1n) is 6.11. The molecular formula is C15H12ClFN2O2. The van der Waals surface area contributed by atoms with Gasteiger partial charge in [0.15, 0.2) is 0 Å². The fourth-order valence-electron chi connectivity index (χ4n) is 1.79. The Labute approximate surface area is 125 Å². The zero-order chi connectivity index (χ0) is 15.4. The molecular weight excluding hydrogens is 295 g/mol. The molecule has 0 saturated heterocycles. The molecule has 4 nitrogen and oxygen atoms in total. The lowest BCUT2D eigenvalue weighted by atomic mass is 10.2. The van der Waals surface area contributed by atoms with E-state index in [1.54, 1.807) is 24.3 Å². The van der Waals surface area contributed by atoms with Gasteiger partial charge < -0.3 is 10.6 Å². The summed E-state index contributed by atoms with van der Waals surface area (Å²) in [5, 5.41) is 5.13. The monoisotopic (exact) mass is 306 g/mol. The maximum atomic E-state index is 13.7. The van der Waals surface area contributed by atoms with Crippen LogP contribution in [0.4, 0.5) is 15.8 Å². The van der Waals surface area contributed by atoms with Gasteiger partial charge in [-0.2, -0.15) is 0 Å². The highest BCUT2D eigenvalue weighted by molar-refractivity contribution is 6.34. The fraction of sp³-hybridized carbons (Fsp3) is 0.0667. The summed E-state index contributed by atoms with van der Waals surface area (Å²) in [7, 11) is 0. The number of amides is 2. The zero-order valence-electron chi connectivity index (χ0n) is 11.1. The molecule has 0 radical (unpaired) electrons. The minimum absolute atomic E-state index is 0.0181. The molecule has 0 saturated carbocycles. The highest BCUT2D eigenvalue weighted by atomic mass is 35.5. The normalized spacial score (nSPS) is 10.0. The average Bonchev–Trinajstić information content (AvgIpc) is 2.40. The zero-order valence-corrected chi connectivity index (χ0v) is 11.9. The third kappa shape index (κ3) is 3.58. The minimum Gasteiger partial charge on any atom is -0.325 e. The standard InChI is InChI=1S/C15H12ClFN2O2/c1-9(20)18-12-7-2-3-8-13(12)19-15(21)14-10(16)5-4-6-11(14)17/h2-8H,1H3,(H,18,20)(H,19,21). The van der Waals surface area contributed by atoms with Crippen molar-refractivity contribution < 1.29 is 14.0 Å². The second kappa shape index (κ2) is 6.37. The summed E-state index contributed by atoms with van der Waals surface area (Å²) in [6.07, 6.45) is 0. The SMILES string of the molecule is CC(=O)Nc1ccccc1NC(=O)c1c(F)cccc1Cl. The lowest BCUT2D eigenvalue weighted by Crippen LogP contribution is -2.16. The van der Waals surface area contributed by atoms with Gasteiger partial charge in [-0.25, -0.2) is 4.39 Å². The van der Waals surface area contributed by atoms with Crippen LogP contribution in [0.5, 0.6) is 0 Å². The van der Waals surface area contributed by atoms with Gasteiger partial charge in [0.25, 0.3) is 5.91 Å². The summed E-state index contributed by atoms with van der Waals surface area (Å²) in [6.45, 7) is 1.35.